The van der Waals surface area contributed by atoms with Crippen molar-refractivity contribution in [2.24, 2.45) is 0 Å². The molecule has 1 aliphatic heterocycles. The van der Waals surface area contributed by atoms with E-state index in [4.69, 9.17) is 9.47 Å². The molecule has 7 nitrogen and oxygen atoms in total. The van der Waals surface area contributed by atoms with Gasteiger partial charge in [0.2, 0.25) is 5.13 Å². The second-order valence-electron chi connectivity index (χ2n) is 6.00. The van der Waals surface area contributed by atoms with Crippen molar-refractivity contribution in [3.63, 3.8) is 0 Å². The molecule has 0 amide bonds. The average molecular weight is 376 g/mol. The smallest absolute Gasteiger partial charge is 0.338 e. The molecule has 1 aliphatic rings. The van der Waals surface area contributed by atoms with Gasteiger partial charge in [0.1, 0.15) is 11.3 Å². The molecule has 140 valence electrons. The van der Waals surface area contributed by atoms with Gasteiger partial charge in [-0.15, -0.1) is 10.2 Å². The first-order valence-electron chi connectivity index (χ1n) is 8.89. The largest absolute Gasteiger partial charge is 0.494 e. The van der Waals surface area contributed by atoms with Crippen LogP contribution in [0.3, 0.4) is 0 Å². The summed E-state index contributed by atoms with van der Waals surface area (Å²) >= 11 is 1.59. The van der Waals surface area contributed by atoms with Gasteiger partial charge in [-0.05, 0) is 37.6 Å². The van der Waals surface area contributed by atoms with Gasteiger partial charge in [-0.25, -0.2) is 4.79 Å². The van der Waals surface area contributed by atoms with E-state index in [1.807, 2.05) is 12.1 Å². The number of rotatable bonds is 8. The fourth-order valence-corrected chi connectivity index (χ4v) is 3.46. The number of nitrogens with zero attached hydrogens (tertiary/aromatic N) is 4. The van der Waals surface area contributed by atoms with Crippen LogP contribution in [0.4, 0.5) is 5.13 Å². The highest BCUT2D eigenvalue weighted by molar-refractivity contribution is 7.13. The number of hydrogen-bond donors (Lipinski definition) is 0. The second-order valence-corrected chi connectivity index (χ2v) is 6.81. The Morgan fingerprint density at radius 2 is 1.96 bits per heavy atom. The van der Waals surface area contributed by atoms with E-state index in [2.05, 4.69) is 20.0 Å². The lowest BCUT2D eigenvalue weighted by molar-refractivity contribution is 0.0526. The van der Waals surface area contributed by atoms with Crippen LogP contribution >= 0.6 is 11.3 Å². The maximum Gasteiger partial charge on any atom is 0.338 e. The highest BCUT2D eigenvalue weighted by atomic mass is 32.1. The molecule has 2 heterocycles. The van der Waals surface area contributed by atoms with Gasteiger partial charge in [-0.3, -0.25) is 4.90 Å². The minimum Gasteiger partial charge on any atom is -0.494 e. The molecule has 0 N–H and O–H groups in total. The van der Waals surface area contributed by atoms with Gasteiger partial charge < -0.3 is 14.4 Å². The third-order valence-electron chi connectivity index (χ3n) is 4.24. The summed E-state index contributed by atoms with van der Waals surface area (Å²) in [6.07, 6.45) is 0.971. The van der Waals surface area contributed by atoms with Crippen LogP contribution in [0.1, 0.15) is 23.7 Å². The average Bonchev–Trinajstić information content (AvgIpc) is 3.21. The third kappa shape index (κ3) is 5.15. The van der Waals surface area contributed by atoms with Crippen LogP contribution in [-0.4, -0.2) is 67.0 Å². The molecule has 8 heteroatoms. The van der Waals surface area contributed by atoms with Crippen molar-refractivity contribution in [1.82, 2.24) is 15.1 Å². The standard InChI is InChI=1S/C18H24N4O3S/c1-2-24-17(23)15-4-6-16(7-5-15)25-13-3-8-21-9-11-22(12-10-21)18-20-19-14-26-18/h4-7,14H,2-3,8-13H2,1H3. The number of ether oxygens (including phenoxy) is 2. The van der Waals surface area contributed by atoms with Crippen molar-refractivity contribution >= 4 is 22.4 Å². The Kier molecular flexibility index (Phi) is 6.79. The molecule has 26 heavy (non-hydrogen) atoms. The SMILES string of the molecule is CCOC(=O)c1ccc(OCCCN2CCN(c3nncs3)CC2)cc1. The summed E-state index contributed by atoms with van der Waals surface area (Å²) in [7, 11) is 0. The number of benzene rings is 1. The number of carbonyl (C=O) groups is 1. The van der Waals surface area contributed by atoms with Crippen LogP contribution in [0.25, 0.3) is 0 Å². The summed E-state index contributed by atoms with van der Waals surface area (Å²) in [6, 6.07) is 7.10. The molecule has 0 unspecified atom stereocenters. The number of esters is 1. The van der Waals surface area contributed by atoms with Crippen LogP contribution < -0.4 is 9.64 Å². The van der Waals surface area contributed by atoms with Gasteiger partial charge in [-0.2, -0.15) is 0 Å². The zero-order valence-corrected chi connectivity index (χ0v) is 15.8. The van der Waals surface area contributed by atoms with Crippen LogP contribution in [0.2, 0.25) is 0 Å². The molecule has 0 saturated carbocycles. The highest BCUT2D eigenvalue weighted by Crippen LogP contribution is 2.17. The van der Waals surface area contributed by atoms with Crippen LogP contribution in [0, 0.1) is 0 Å². The lowest BCUT2D eigenvalue weighted by Gasteiger charge is -2.34. The van der Waals surface area contributed by atoms with E-state index in [0.29, 0.717) is 18.8 Å². The van der Waals surface area contributed by atoms with Gasteiger partial charge >= 0.3 is 5.97 Å². The monoisotopic (exact) mass is 376 g/mol. The van der Waals surface area contributed by atoms with Crippen molar-refractivity contribution in [2.75, 3.05) is 50.8 Å². The number of aromatic nitrogens is 2. The highest BCUT2D eigenvalue weighted by Gasteiger charge is 2.18. The Balaban J connectivity index is 1.33. The maximum atomic E-state index is 11.6. The number of carbonyl (C=O) groups excluding carboxylic acids is 1. The van der Waals surface area contributed by atoms with Gasteiger partial charge in [0.15, 0.2) is 0 Å². The summed E-state index contributed by atoms with van der Waals surface area (Å²) in [4.78, 5) is 16.3. The molecule has 1 aromatic heterocycles. The second kappa shape index (κ2) is 9.49. The van der Waals surface area contributed by atoms with Crippen LogP contribution in [0.15, 0.2) is 29.8 Å². The Hall–Kier alpha value is -2.19. The van der Waals surface area contributed by atoms with E-state index in [-0.39, 0.29) is 5.97 Å². The quantitative estimate of drug-likeness (QED) is 0.517. The number of hydrogen-bond acceptors (Lipinski definition) is 8. The van der Waals surface area contributed by atoms with Crippen molar-refractivity contribution < 1.29 is 14.3 Å². The summed E-state index contributed by atoms with van der Waals surface area (Å²) in [6.45, 7) is 7.91. The fraction of sp³-hybridized carbons (Fsp3) is 0.500. The van der Waals surface area contributed by atoms with Gasteiger partial charge in [0.05, 0.1) is 18.8 Å². The van der Waals surface area contributed by atoms with Crippen molar-refractivity contribution in [1.29, 1.82) is 0 Å². The Morgan fingerprint density at radius 3 is 2.62 bits per heavy atom. The topological polar surface area (TPSA) is 67.8 Å². The van der Waals surface area contributed by atoms with E-state index < -0.39 is 0 Å². The first-order valence-corrected chi connectivity index (χ1v) is 9.77. The van der Waals surface area contributed by atoms with E-state index in [1.165, 1.54) is 0 Å². The summed E-state index contributed by atoms with van der Waals surface area (Å²) in [5.74, 6) is 0.478. The molecule has 0 bridgehead atoms. The number of piperazine rings is 1. The Labute approximate surface area is 157 Å². The van der Waals surface area contributed by atoms with E-state index in [0.717, 1.165) is 50.0 Å². The Morgan fingerprint density at radius 1 is 1.19 bits per heavy atom. The van der Waals surface area contributed by atoms with Gasteiger partial charge in [0, 0.05) is 32.7 Å². The van der Waals surface area contributed by atoms with Crippen molar-refractivity contribution in [3.05, 3.63) is 35.3 Å². The minimum atomic E-state index is -0.299. The molecule has 3 rings (SSSR count). The molecule has 0 atom stereocenters. The van der Waals surface area contributed by atoms with Gasteiger partial charge in [0.25, 0.3) is 0 Å². The lowest BCUT2D eigenvalue weighted by Crippen LogP contribution is -2.46. The van der Waals surface area contributed by atoms with E-state index in [1.54, 1.807) is 35.9 Å². The zero-order valence-electron chi connectivity index (χ0n) is 15.0. The summed E-state index contributed by atoms with van der Waals surface area (Å²) in [5, 5.41) is 9.04. The molecule has 1 aromatic carbocycles. The maximum absolute atomic E-state index is 11.6. The normalized spacial score (nSPS) is 15.0. The minimum absolute atomic E-state index is 0.299. The molecule has 0 aliphatic carbocycles. The van der Waals surface area contributed by atoms with Crippen molar-refractivity contribution in [2.45, 2.75) is 13.3 Å². The zero-order chi connectivity index (χ0) is 18.2. The van der Waals surface area contributed by atoms with E-state index >= 15 is 0 Å². The molecule has 0 radical (unpaired) electrons. The lowest BCUT2D eigenvalue weighted by atomic mass is 10.2. The summed E-state index contributed by atoms with van der Waals surface area (Å²) < 4.78 is 10.7. The van der Waals surface area contributed by atoms with Gasteiger partial charge in [-0.1, -0.05) is 11.3 Å². The molecule has 1 saturated heterocycles. The molecular formula is C18H24N4O3S. The molecular weight excluding hydrogens is 352 g/mol. The predicted molar refractivity (Wildman–Crippen MR) is 101 cm³/mol. The fourth-order valence-electron chi connectivity index (χ4n) is 2.85. The first-order chi connectivity index (χ1) is 12.8. The molecule has 2 aromatic rings. The molecule has 0 spiro atoms. The van der Waals surface area contributed by atoms with Crippen LogP contribution in [-0.2, 0) is 4.74 Å². The third-order valence-corrected chi connectivity index (χ3v) is 4.99. The molecule has 1 fully saturated rings. The number of anilines is 1. The Bertz CT molecular complexity index is 670. The predicted octanol–water partition coefficient (Wildman–Crippen LogP) is 2.31. The summed E-state index contributed by atoms with van der Waals surface area (Å²) in [5.41, 5.74) is 2.32. The van der Waals surface area contributed by atoms with Crippen LogP contribution in [0.5, 0.6) is 5.75 Å². The first kappa shape index (κ1) is 18.6. The van der Waals surface area contributed by atoms with E-state index in [9.17, 15) is 4.79 Å². The van der Waals surface area contributed by atoms with Crippen molar-refractivity contribution in [3.8, 4) is 5.75 Å².